The average molecular weight is 824 g/mol. The van der Waals surface area contributed by atoms with Crippen LogP contribution in [-0.4, -0.2) is 129 Å². The lowest BCUT2D eigenvalue weighted by Gasteiger charge is -2.33. The predicted octanol–water partition coefficient (Wildman–Crippen LogP) is -1.36. The fraction of sp³-hybridized carbons (Fsp3) is 0.649. The Labute approximate surface area is 336 Å². The zero-order valence-electron chi connectivity index (χ0n) is 33.7. The zero-order valence-corrected chi connectivity index (χ0v) is 33.7. The van der Waals surface area contributed by atoms with E-state index >= 15 is 0 Å². The van der Waals surface area contributed by atoms with E-state index in [1.165, 1.54) is 4.90 Å². The van der Waals surface area contributed by atoms with Gasteiger partial charge in [0.05, 0.1) is 12.3 Å². The highest BCUT2D eigenvalue weighted by Crippen LogP contribution is 2.21. The number of ether oxygens (including phenoxy) is 1. The van der Waals surface area contributed by atoms with Gasteiger partial charge in [0.1, 0.15) is 36.8 Å². The molecule has 8 N–H and O–H groups in total. The summed E-state index contributed by atoms with van der Waals surface area (Å²) < 4.78 is 4.51. The van der Waals surface area contributed by atoms with Crippen LogP contribution in [0.15, 0.2) is 12.8 Å². The van der Waals surface area contributed by atoms with Crippen molar-refractivity contribution in [3.63, 3.8) is 0 Å². The van der Waals surface area contributed by atoms with E-state index in [9.17, 15) is 57.8 Å². The zero-order chi connectivity index (χ0) is 44.3. The lowest BCUT2D eigenvalue weighted by Crippen LogP contribution is -2.61. The number of nitrogens with one attached hydrogen (secondary N) is 6. The minimum Gasteiger partial charge on any atom is -0.481 e. The first-order valence-electron chi connectivity index (χ1n) is 19.0. The number of aliphatic carboxylic acids is 2. The molecule has 1 aliphatic rings. The van der Waals surface area contributed by atoms with Gasteiger partial charge in [0.25, 0.3) is 5.91 Å². The van der Waals surface area contributed by atoms with Crippen LogP contribution in [0.5, 0.6) is 0 Å². The van der Waals surface area contributed by atoms with Gasteiger partial charge >= 0.3 is 17.9 Å². The second kappa shape index (κ2) is 24.7. The molecular formula is C37H57N7O14. The number of nitrogens with zero attached hydrogens (tertiary/aromatic N) is 1. The molecule has 0 aromatic heterocycles. The van der Waals surface area contributed by atoms with Crippen molar-refractivity contribution in [3.05, 3.63) is 12.8 Å². The molecule has 0 saturated carbocycles. The van der Waals surface area contributed by atoms with Gasteiger partial charge in [-0.2, -0.15) is 0 Å². The van der Waals surface area contributed by atoms with Gasteiger partial charge in [0.2, 0.25) is 41.2 Å². The second-order valence-corrected chi connectivity index (χ2v) is 14.4. The number of carbonyl (C=O) groups excluding carboxylic acids is 9. The van der Waals surface area contributed by atoms with E-state index in [1.807, 2.05) is 0 Å². The maximum absolute atomic E-state index is 14.0. The lowest BCUT2D eigenvalue weighted by atomic mass is 9.98. The SMILES string of the molecule is C=COC(=O)CNC(=O)C(=O)[C@H](CCC)NC(=O)[C@@H]1CCCN1C(=O)[C@@H](NC(=O)[C@@H](NC(=O)[C@H](CCC(=O)O)NC(=O)[C@H](CCC(=O)O)NC(C)=O)C(C)C)C(C)C. The summed E-state index contributed by atoms with van der Waals surface area (Å²) in [6.07, 6.45) is 0.0643. The van der Waals surface area contributed by atoms with Crippen LogP contribution in [0.3, 0.4) is 0 Å². The van der Waals surface area contributed by atoms with Gasteiger partial charge in [-0.3, -0.25) is 47.9 Å². The smallest absolute Gasteiger partial charge is 0.330 e. The van der Waals surface area contributed by atoms with E-state index in [-0.39, 0.29) is 25.8 Å². The number of ketones is 1. The Morgan fingerprint density at radius 1 is 0.741 bits per heavy atom. The Morgan fingerprint density at radius 2 is 1.28 bits per heavy atom. The quantitative estimate of drug-likeness (QED) is 0.0300. The minimum absolute atomic E-state index is 0.0736. The molecule has 1 rings (SSSR count). The normalized spacial score (nSPS) is 16.1. The third kappa shape index (κ3) is 16.7. The van der Waals surface area contributed by atoms with Gasteiger partial charge < -0.3 is 51.8 Å². The lowest BCUT2D eigenvalue weighted by molar-refractivity contribution is -0.145. The largest absolute Gasteiger partial charge is 0.481 e. The molecule has 58 heavy (non-hydrogen) atoms. The number of likely N-dealkylation sites (tertiary alicyclic amines) is 1. The van der Waals surface area contributed by atoms with E-state index < -0.39 is 139 Å². The predicted molar refractivity (Wildman–Crippen MR) is 203 cm³/mol. The van der Waals surface area contributed by atoms with Crippen molar-refractivity contribution >= 4 is 65.0 Å². The first kappa shape index (κ1) is 50.1. The van der Waals surface area contributed by atoms with Crippen LogP contribution in [0, 0.1) is 11.8 Å². The van der Waals surface area contributed by atoms with E-state index in [2.05, 4.69) is 43.2 Å². The van der Waals surface area contributed by atoms with Gasteiger partial charge in [0.15, 0.2) is 0 Å². The topological polar surface area (TPSA) is 313 Å². The van der Waals surface area contributed by atoms with Crippen molar-refractivity contribution in [2.24, 2.45) is 11.8 Å². The molecule has 21 nitrogen and oxygen atoms in total. The molecule has 1 heterocycles. The van der Waals surface area contributed by atoms with E-state index in [1.54, 1.807) is 34.6 Å². The van der Waals surface area contributed by atoms with Crippen LogP contribution in [0.1, 0.15) is 92.9 Å². The Bertz CT molecular complexity index is 1570. The summed E-state index contributed by atoms with van der Waals surface area (Å²) in [4.78, 5) is 140. The van der Waals surface area contributed by atoms with Gasteiger partial charge in [-0.1, -0.05) is 47.6 Å². The van der Waals surface area contributed by atoms with E-state index in [0.717, 1.165) is 13.2 Å². The first-order chi connectivity index (χ1) is 27.1. The molecule has 0 aromatic carbocycles. The highest BCUT2D eigenvalue weighted by Gasteiger charge is 2.41. The van der Waals surface area contributed by atoms with Gasteiger partial charge in [-0.15, -0.1) is 0 Å². The standard InChI is InChI=1S/C37H57N7O14/c1-8-11-22(31(51)36(56)38-18-28(50)58-9-2)40-34(54)25-12-10-17-44(25)37(57)30(20(5)6)43-35(55)29(19(3)4)42-33(53)24(14-16-27(48)49)41-32(52)23(39-21(7)45)13-15-26(46)47/h9,19-20,22-25,29-30H,2,8,10-18H2,1,3-7H3,(H,38,56)(H,39,45)(H,40,54)(H,41,52)(H,42,53)(H,43,55)(H,46,47)(H,48,49)/t22-,23-,24-,25-,29-,30-/m0/s1. The molecule has 0 bridgehead atoms. The molecule has 0 aliphatic carbocycles. The minimum atomic E-state index is -1.53. The Hall–Kier alpha value is -5.89. The average Bonchev–Trinajstić information content (AvgIpc) is 3.64. The van der Waals surface area contributed by atoms with Gasteiger partial charge in [-0.25, -0.2) is 4.79 Å². The van der Waals surface area contributed by atoms with Crippen molar-refractivity contribution in [1.82, 2.24) is 36.8 Å². The van der Waals surface area contributed by atoms with E-state index in [0.29, 0.717) is 12.8 Å². The van der Waals surface area contributed by atoms with Gasteiger partial charge in [0, 0.05) is 26.3 Å². The summed E-state index contributed by atoms with van der Waals surface area (Å²) in [5, 5.41) is 32.8. The fourth-order valence-electron chi connectivity index (χ4n) is 5.98. The van der Waals surface area contributed by atoms with Crippen molar-refractivity contribution < 1.29 is 67.7 Å². The number of Topliss-reactive ketones (excluding diaryl/α,β-unsaturated/α-hetero) is 1. The van der Waals surface area contributed by atoms with Crippen LogP contribution in [0.25, 0.3) is 0 Å². The summed E-state index contributed by atoms with van der Waals surface area (Å²) in [5.74, 6) is -11.5. The second-order valence-electron chi connectivity index (χ2n) is 14.4. The van der Waals surface area contributed by atoms with E-state index in [4.69, 9.17) is 5.11 Å². The molecule has 21 heteroatoms. The molecule has 0 spiro atoms. The Morgan fingerprint density at radius 3 is 1.78 bits per heavy atom. The molecule has 0 unspecified atom stereocenters. The van der Waals surface area contributed by atoms with Crippen LogP contribution < -0.4 is 31.9 Å². The summed E-state index contributed by atoms with van der Waals surface area (Å²) in [6.45, 7) is 12.0. The van der Waals surface area contributed by atoms with Crippen LogP contribution >= 0.6 is 0 Å². The molecule has 1 saturated heterocycles. The maximum Gasteiger partial charge on any atom is 0.330 e. The maximum atomic E-state index is 14.0. The van der Waals surface area contributed by atoms with Crippen molar-refractivity contribution in [2.75, 3.05) is 13.1 Å². The fourth-order valence-corrected chi connectivity index (χ4v) is 5.98. The monoisotopic (exact) mass is 823 g/mol. The number of rotatable bonds is 25. The number of hydrogen-bond acceptors (Lipinski definition) is 12. The number of amides is 7. The summed E-state index contributed by atoms with van der Waals surface area (Å²) >= 11 is 0. The van der Waals surface area contributed by atoms with Crippen molar-refractivity contribution in [2.45, 2.75) is 129 Å². The Balaban J connectivity index is 3.21. The summed E-state index contributed by atoms with van der Waals surface area (Å²) in [6, 6.07) is -7.79. The third-order valence-electron chi connectivity index (χ3n) is 8.98. The van der Waals surface area contributed by atoms with Crippen molar-refractivity contribution in [1.29, 1.82) is 0 Å². The summed E-state index contributed by atoms with van der Waals surface area (Å²) in [7, 11) is 0. The molecular weight excluding hydrogens is 766 g/mol. The molecule has 6 atom stereocenters. The molecule has 1 fully saturated rings. The molecule has 0 aromatic rings. The number of carboxylic acids is 2. The number of esters is 1. The first-order valence-corrected chi connectivity index (χ1v) is 19.0. The molecule has 1 aliphatic heterocycles. The van der Waals surface area contributed by atoms with Crippen LogP contribution in [0.4, 0.5) is 0 Å². The van der Waals surface area contributed by atoms with Crippen molar-refractivity contribution in [3.8, 4) is 0 Å². The number of hydrogen-bond donors (Lipinski definition) is 8. The van der Waals surface area contributed by atoms with Crippen LogP contribution in [-0.2, 0) is 57.5 Å². The number of carbonyl (C=O) groups is 11. The summed E-state index contributed by atoms with van der Waals surface area (Å²) in [5.41, 5.74) is 0. The highest BCUT2D eigenvalue weighted by molar-refractivity contribution is 6.38. The third-order valence-corrected chi connectivity index (χ3v) is 8.98. The molecule has 324 valence electrons. The molecule has 0 radical (unpaired) electrons. The Kier molecular flexibility index (Phi) is 21.3. The highest BCUT2D eigenvalue weighted by atomic mass is 16.5. The van der Waals surface area contributed by atoms with Crippen LogP contribution in [0.2, 0.25) is 0 Å². The number of carboxylic acid groups (broad SMARTS) is 2. The molecule has 7 amide bonds. The van der Waals surface area contributed by atoms with Gasteiger partial charge in [-0.05, 0) is 43.9 Å².